The molecule has 0 amide bonds. The van der Waals surface area contributed by atoms with Crippen LogP contribution in [-0.4, -0.2) is 4.92 Å². The van der Waals surface area contributed by atoms with Crippen LogP contribution in [0.4, 0.5) is 11.4 Å². The quantitative estimate of drug-likeness (QED) is 0.445. The molecule has 0 aliphatic heterocycles. The Bertz CT molecular complexity index is 898. The summed E-state index contributed by atoms with van der Waals surface area (Å²) in [7, 11) is 0. The van der Waals surface area contributed by atoms with Crippen LogP contribution in [-0.2, 0) is 13.2 Å². The molecule has 0 heterocycles. The molecule has 0 aliphatic rings. The smallest absolute Gasteiger partial charge is 0.271 e. The number of hydrogen-bond acceptors (Lipinski definition) is 4. The van der Waals surface area contributed by atoms with E-state index >= 15 is 0 Å². The lowest BCUT2D eigenvalue weighted by Crippen LogP contribution is -2.04. The number of anilines is 1. The molecule has 6 heteroatoms. The molecule has 1 N–H and O–H groups in total. The summed E-state index contributed by atoms with van der Waals surface area (Å²) in [6, 6.07) is 21.6. The fourth-order valence-corrected chi connectivity index (χ4v) is 2.59. The highest BCUT2D eigenvalue weighted by atomic mass is 35.5. The van der Waals surface area contributed by atoms with Gasteiger partial charge in [-0.1, -0.05) is 48.0 Å². The maximum Gasteiger partial charge on any atom is 0.271 e. The van der Waals surface area contributed by atoms with E-state index in [0.29, 0.717) is 23.9 Å². The summed E-state index contributed by atoms with van der Waals surface area (Å²) in [6.45, 7) is 0.933. The number of hydrogen-bond donors (Lipinski definition) is 1. The molecule has 0 unspecified atom stereocenters. The first-order valence-corrected chi connectivity index (χ1v) is 8.43. The maximum atomic E-state index is 10.9. The van der Waals surface area contributed by atoms with Crippen LogP contribution in [0, 0.1) is 10.1 Å². The molecule has 0 aromatic heterocycles. The van der Waals surface area contributed by atoms with Gasteiger partial charge >= 0.3 is 0 Å². The van der Waals surface area contributed by atoms with Crippen molar-refractivity contribution < 1.29 is 9.66 Å². The lowest BCUT2D eigenvalue weighted by Gasteiger charge is -2.13. The number of nitro groups is 1. The minimum Gasteiger partial charge on any atom is -0.489 e. The van der Waals surface area contributed by atoms with Crippen molar-refractivity contribution in [2.45, 2.75) is 13.2 Å². The molecule has 3 rings (SSSR count). The van der Waals surface area contributed by atoms with E-state index in [1.807, 2.05) is 48.5 Å². The first-order chi connectivity index (χ1) is 12.6. The molecule has 3 aromatic rings. The number of nitrogens with zero attached hydrogens (tertiary/aromatic N) is 1. The second-order valence-corrected chi connectivity index (χ2v) is 6.12. The van der Waals surface area contributed by atoms with Gasteiger partial charge in [0.2, 0.25) is 0 Å². The second-order valence-electron chi connectivity index (χ2n) is 5.68. The number of halogens is 1. The van der Waals surface area contributed by atoms with Crippen molar-refractivity contribution >= 4 is 23.0 Å². The molecule has 3 aromatic carbocycles. The average molecular weight is 369 g/mol. The maximum absolute atomic E-state index is 10.9. The molecule has 0 saturated heterocycles. The summed E-state index contributed by atoms with van der Waals surface area (Å²) in [6.07, 6.45) is 0. The standard InChI is InChI=1S/C20H17ClN2O3/c21-17-10-8-15(9-11-17)14-26-20-7-2-1-4-16(20)13-22-18-5-3-6-19(12-18)23(24)25/h1-12,22H,13-14H2. The Balaban J connectivity index is 1.66. The minimum atomic E-state index is -0.408. The van der Waals surface area contributed by atoms with Crippen molar-refractivity contribution in [1.82, 2.24) is 0 Å². The molecule has 0 aliphatic carbocycles. The van der Waals surface area contributed by atoms with Crippen LogP contribution in [0.25, 0.3) is 0 Å². The Morgan fingerprint density at radius 3 is 2.54 bits per heavy atom. The van der Waals surface area contributed by atoms with Gasteiger partial charge in [-0.05, 0) is 29.8 Å². The summed E-state index contributed by atoms with van der Waals surface area (Å²) >= 11 is 5.89. The number of nitro benzene ring substituents is 1. The molecule has 0 radical (unpaired) electrons. The molecule has 0 saturated carbocycles. The SMILES string of the molecule is O=[N+]([O-])c1cccc(NCc2ccccc2OCc2ccc(Cl)cc2)c1. The zero-order chi connectivity index (χ0) is 18.4. The van der Waals surface area contributed by atoms with Gasteiger partial charge in [0.25, 0.3) is 5.69 Å². The van der Waals surface area contributed by atoms with E-state index in [4.69, 9.17) is 16.3 Å². The largest absolute Gasteiger partial charge is 0.489 e. The number of ether oxygens (including phenoxy) is 1. The highest BCUT2D eigenvalue weighted by Crippen LogP contribution is 2.23. The number of benzene rings is 3. The van der Waals surface area contributed by atoms with Crippen molar-refractivity contribution in [3.8, 4) is 5.75 Å². The van der Waals surface area contributed by atoms with Crippen LogP contribution >= 0.6 is 11.6 Å². The highest BCUT2D eigenvalue weighted by Gasteiger charge is 2.07. The Morgan fingerprint density at radius 2 is 1.77 bits per heavy atom. The van der Waals surface area contributed by atoms with Crippen LogP contribution in [0.15, 0.2) is 72.8 Å². The Labute approximate surface area is 156 Å². The van der Waals surface area contributed by atoms with E-state index in [1.165, 1.54) is 12.1 Å². The van der Waals surface area contributed by atoms with Crippen LogP contribution in [0.2, 0.25) is 5.02 Å². The van der Waals surface area contributed by atoms with Gasteiger partial charge in [-0.25, -0.2) is 0 Å². The third-order valence-corrected chi connectivity index (χ3v) is 4.07. The molecular formula is C20H17ClN2O3. The molecule has 0 bridgehead atoms. The van der Waals surface area contributed by atoms with E-state index in [-0.39, 0.29) is 5.69 Å². The first-order valence-electron chi connectivity index (χ1n) is 8.05. The van der Waals surface area contributed by atoms with Crippen LogP contribution in [0.3, 0.4) is 0 Å². The van der Waals surface area contributed by atoms with E-state index in [9.17, 15) is 10.1 Å². The normalized spacial score (nSPS) is 10.3. The van der Waals surface area contributed by atoms with Gasteiger partial charge in [-0.2, -0.15) is 0 Å². The second kappa shape index (κ2) is 8.36. The predicted octanol–water partition coefficient (Wildman–Crippen LogP) is 5.44. The fourth-order valence-electron chi connectivity index (χ4n) is 2.46. The van der Waals surface area contributed by atoms with Gasteiger partial charge in [-0.3, -0.25) is 10.1 Å². The summed E-state index contributed by atoms with van der Waals surface area (Å²) in [4.78, 5) is 10.5. The Hall–Kier alpha value is -3.05. The predicted molar refractivity (Wildman–Crippen MR) is 103 cm³/mol. The van der Waals surface area contributed by atoms with Crippen molar-refractivity contribution in [3.63, 3.8) is 0 Å². The van der Waals surface area contributed by atoms with Crippen LogP contribution < -0.4 is 10.1 Å². The lowest BCUT2D eigenvalue weighted by molar-refractivity contribution is -0.384. The van der Waals surface area contributed by atoms with Gasteiger partial charge in [0.05, 0.1) is 4.92 Å². The van der Waals surface area contributed by atoms with Crippen molar-refractivity contribution in [2.24, 2.45) is 0 Å². The van der Waals surface area contributed by atoms with Gasteiger partial charge in [0.1, 0.15) is 12.4 Å². The van der Waals surface area contributed by atoms with E-state index in [2.05, 4.69) is 5.32 Å². The first kappa shape index (κ1) is 17.8. The lowest BCUT2D eigenvalue weighted by atomic mass is 10.2. The van der Waals surface area contributed by atoms with E-state index in [1.54, 1.807) is 12.1 Å². The third kappa shape index (κ3) is 4.74. The van der Waals surface area contributed by atoms with Gasteiger partial charge in [-0.15, -0.1) is 0 Å². The third-order valence-electron chi connectivity index (χ3n) is 3.82. The van der Waals surface area contributed by atoms with Crippen molar-refractivity contribution in [2.75, 3.05) is 5.32 Å². The summed E-state index contributed by atoms with van der Waals surface area (Å²) < 4.78 is 5.92. The molecule has 132 valence electrons. The molecule has 0 atom stereocenters. The zero-order valence-electron chi connectivity index (χ0n) is 13.9. The van der Waals surface area contributed by atoms with Crippen LogP contribution in [0.5, 0.6) is 5.75 Å². The summed E-state index contributed by atoms with van der Waals surface area (Å²) in [5, 5.41) is 14.8. The fraction of sp³-hybridized carbons (Fsp3) is 0.100. The molecule has 0 fully saturated rings. The summed E-state index contributed by atoms with van der Waals surface area (Å²) in [5.74, 6) is 0.764. The average Bonchev–Trinajstić information content (AvgIpc) is 2.67. The van der Waals surface area contributed by atoms with Gasteiger partial charge in [0.15, 0.2) is 0 Å². The summed E-state index contributed by atoms with van der Waals surface area (Å²) in [5.41, 5.74) is 2.73. The van der Waals surface area contributed by atoms with Crippen molar-refractivity contribution in [3.05, 3.63) is 99.1 Å². The van der Waals surface area contributed by atoms with E-state index < -0.39 is 4.92 Å². The minimum absolute atomic E-state index is 0.0577. The Morgan fingerprint density at radius 1 is 1.00 bits per heavy atom. The van der Waals surface area contributed by atoms with Gasteiger partial charge < -0.3 is 10.1 Å². The monoisotopic (exact) mass is 368 g/mol. The molecule has 26 heavy (non-hydrogen) atoms. The Kier molecular flexibility index (Phi) is 5.71. The zero-order valence-corrected chi connectivity index (χ0v) is 14.6. The van der Waals surface area contributed by atoms with Crippen molar-refractivity contribution in [1.29, 1.82) is 0 Å². The topological polar surface area (TPSA) is 64.4 Å². The van der Waals surface area contributed by atoms with E-state index in [0.717, 1.165) is 16.9 Å². The molecule has 0 spiro atoms. The number of non-ortho nitro benzene ring substituents is 1. The number of rotatable bonds is 7. The number of para-hydroxylation sites is 1. The van der Waals surface area contributed by atoms with Crippen LogP contribution in [0.1, 0.15) is 11.1 Å². The molecule has 5 nitrogen and oxygen atoms in total. The van der Waals surface area contributed by atoms with Gasteiger partial charge in [0, 0.05) is 35.0 Å². The number of nitrogens with one attached hydrogen (secondary N) is 1. The molecular weight excluding hydrogens is 352 g/mol. The highest BCUT2D eigenvalue weighted by molar-refractivity contribution is 6.30.